The Kier molecular flexibility index (Phi) is 8.63. The third kappa shape index (κ3) is 6.53. The van der Waals surface area contributed by atoms with Crippen LogP contribution in [0.3, 0.4) is 0 Å². The van der Waals surface area contributed by atoms with Crippen molar-refractivity contribution in [3.05, 3.63) is 42.0 Å². The van der Waals surface area contributed by atoms with Gasteiger partial charge in [0.15, 0.2) is 5.96 Å². The minimum absolute atomic E-state index is 0. The summed E-state index contributed by atoms with van der Waals surface area (Å²) in [4.78, 5) is 6.48. The number of hydrogen-bond donors (Lipinski definition) is 1. The summed E-state index contributed by atoms with van der Waals surface area (Å²) in [7, 11) is 5.55. The molecule has 0 atom stereocenters. The Morgan fingerprint density at radius 2 is 1.93 bits per heavy atom. The maximum absolute atomic E-state index is 5.72. The van der Waals surface area contributed by atoms with Crippen LogP contribution >= 0.6 is 24.0 Å². The molecule has 1 N–H and O–H groups in total. The number of methoxy groups -OCH3 is 1. The van der Waals surface area contributed by atoms with E-state index in [-0.39, 0.29) is 24.0 Å². The van der Waals surface area contributed by atoms with E-state index in [0.29, 0.717) is 0 Å². The topological polar surface area (TPSA) is 46.1 Å². The standard InChI is InChI=1S/C21H29N3O2.HI/c1-22-21(24(2)10-11-26-15-16-4-5-16)23-14-17-6-7-19-13-20(25-3)9-8-18(19)12-17;/h6-9,12-13,16H,4-5,10-11,14-15H2,1-3H3,(H,22,23);1H. The minimum atomic E-state index is 0. The van der Waals surface area contributed by atoms with Crippen molar-refractivity contribution in [2.24, 2.45) is 10.9 Å². The van der Waals surface area contributed by atoms with Crippen molar-refractivity contribution in [3.8, 4) is 5.75 Å². The van der Waals surface area contributed by atoms with Crippen LogP contribution in [0.25, 0.3) is 10.8 Å². The van der Waals surface area contributed by atoms with E-state index < -0.39 is 0 Å². The van der Waals surface area contributed by atoms with Crippen LogP contribution in [-0.2, 0) is 11.3 Å². The zero-order valence-corrected chi connectivity index (χ0v) is 18.7. The van der Waals surface area contributed by atoms with E-state index in [1.807, 2.05) is 20.2 Å². The maximum atomic E-state index is 5.72. The lowest BCUT2D eigenvalue weighted by Crippen LogP contribution is -2.40. The van der Waals surface area contributed by atoms with E-state index in [1.165, 1.54) is 29.2 Å². The highest BCUT2D eigenvalue weighted by Crippen LogP contribution is 2.28. The average molecular weight is 483 g/mol. The number of ether oxygens (including phenoxy) is 2. The first-order valence-electron chi connectivity index (χ1n) is 9.26. The highest BCUT2D eigenvalue weighted by molar-refractivity contribution is 14.0. The molecule has 0 radical (unpaired) electrons. The molecule has 1 fully saturated rings. The van der Waals surface area contributed by atoms with Crippen molar-refractivity contribution in [1.82, 2.24) is 10.2 Å². The molecule has 0 unspecified atom stereocenters. The number of halogens is 1. The first-order valence-corrected chi connectivity index (χ1v) is 9.26. The Morgan fingerprint density at radius 3 is 2.63 bits per heavy atom. The fraction of sp³-hybridized carbons (Fsp3) is 0.476. The van der Waals surface area contributed by atoms with Gasteiger partial charge in [0.2, 0.25) is 0 Å². The molecule has 0 saturated heterocycles. The smallest absolute Gasteiger partial charge is 0.193 e. The van der Waals surface area contributed by atoms with Gasteiger partial charge in [0.25, 0.3) is 0 Å². The van der Waals surface area contributed by atoms with Gasteiger partial charge in [-0.1, -0.05) is 18.2 Å². The van der Waals surface area contributed by atoms with E-state index >= 15 is 0 Å². The predicted molar refractivity (Wildman–Crippen MR) is 122 cm³/mol. The Hall–Kier alpha value is -1.54. The Bertz CT molecular complexity index is 762. The maximum Gasteiger partial charge on any atom is 0.193 e. The number of benzene rings is 2. The SMILES string of the molecule is CN=C(NCc1ccc2cc(OC)ccc2c1)N(C)CCOCC1CC1.I. The molecule has 0 heterocycles. The van der Waals surface area contributed by atoms with Gasteiger partial charge in [-0.3, -0.25) is 4.99 Å². The molecule has 5 nitrogen and oxygen atoms in total. The van der Waals surface area contributed by atoms with Crippen molar-refractivity contribution in [1.29, 1.82) is 0 Å². The third-order valence-electron chi connectivity index (χ3n) is 4.76. The number of aliphatic imine (C=N–C) groups is 1. The molecule has 6 heteroatoms. The quantitative estimate of drug-likeness (QED) is 0.268. The van der Waals surface area contributed by atoms with E-state index in [9.17, 15) is 0 Å². The van der Waals surface area contributed by atoms with E-state index in [1.54, 1.807) is 7.11 Å². The Balaban J connectivity index is 0.00000261. The van der Waals surface area contributed by atoms with Crippen molar-refractivity contribution >= 4 is 40.7 Å². The molecule has 0 aromatic heterocycles. The normalized spacial score (nSPS) is 14.0. The van der Waals surface area contributed by atoms with Gasteiger partial charge in [0.05, 0.1) is 13.7 Å². The lowest BCUT2D eigenvalue weighted by molar-refractivity contribution is 0.115. The summed E-state index contributed by atoms with van der Waals surface area (Å²) in [5.74, 6) is 2.58. The van der Waals surface area contributed by atoms with Gasteiger partial charge in [-0.25, -0.2) is 0 Å². The molecule has 0 bridgehead atoms. The Morgan fingerprint density at radius 1 is 1.19 bits per heavy atom. The zero-order valence-electron chi connectivity index (χ0n) is 16.4. The van der Waals surface area contributed by atoms with Crippen molar-refractivity contribution in [2.45, 2.75) is 19.4 Å². The molecule has 2 aromatic carbocycles. The second kappa shape index (κ2) is 10.7. The van der Waals surface area contributed by atoms with Gasteiger partial charge in [-0.2, -0.15) is 0 Å². The van der Waals surface area contributed by atoms with Crippen molar-refractivity contribution < 1.29 is 9.47 Å². The summed E-state index contributed by atoms with van der Waals surface area (Å²) in [5.41, 5.74) is 1.22. The number of guanidine groups is 1. The van der Waals surface area contributed by atoms with Gasteiger partial charge >= 0.3 is 0 Å². The van der Waals surface area contributed by atoms with Crippen molar-refractivity contribution in [3.63, 3.8) is 0 Å². The van der Waals surface area contributed by atoms with E-state index in [4.69, 9.17) is 9.47 Å². The van der Waals surface area contributed by atoms with Crippen LogP contribution in [0, 0.1) is 5.92 Å². The van der Waals surface area contributed by atoms with Crippen LogP contribution in [0.1, 0.15) is 18.4 Å². The van der Waals surface area contributed by atoms with Crippen LogP contribution in [0.15, 0.2) is 41.4 Å². The molecule has 148 valence electrons. The van der Waals surface area contributed by atoms with E-state index in [0.717, 1.165) is 43.9 Å². The summed E-state index contributed by atoms with van der Waals surface area (Å²) >= 11 is 0. The predicted octanol–water partition coefficient (Wildman–Crippen LogP) is 3.90. The number of nitrogens with zero attached hydrogens (tertiary/aromatic N) is 2. The first kappa shape index (κ1) is 21.8. The van der Waals surface area contributed by atoms with Crippen LogP contribution < -0.4 is 10.1 Å². The second-order valence-electron chi connectivity index (χ2n) is 6.89. The van der Waals surface area contributed by atoms with Gasteiger partial charge in [0, 0.05) is 33.8 Å². The first-order chi connectivity index (χ1) is 12.7. The highest BCUT2D eigenvalue weighted by Gasteiger charge is 2.21. The van der Waals surface area contributed by atoms with Gasteiger partial charge < -0.3 is 19.7 Å². The second-order valence-corrected chi connectivity index (χ2v) is 6.89. The molecule has 1 aliphatic rings. The van der Waals surface area contributed by atoms with Crippen molar-refractivity contribution in [2.75, 3.05) is 41.0 Å². The van der Waals surface area contributed by atoms with Crippen LogP contribution in [0.4, 0.5) is 0 Å². The molecule has 3 rings (SSSR count). The molecule has 0 amide bonds. The van der Waals surface area contributed by atoms with E-state index in [2.05, 4.69) is 45.5 Å². The molecular formula is C21H30IN3O2. The fourth-order valence-electron chi connectivity index (χ4n) is 2.92. The average Bonchev–Trinajstić information content (AvgIpc) is 3.49. The molecule has 1 saturated carbocycles. The Labute approximate surface area is 179 Å². The monoisotopic (exact) mass is 483 g/mol. The summed E-state index contributed by atoms with van der Waals surface area (Å²) in [5, 5.41) is 5.82. The number of rotatable bonds is 8. The molecule has 0 spiro atoms. The lowest BCUT2D eigenvalue weighted by Gasteiger charge is -2.22. The summed E-state index contributed by atoms with van der Waals surface area (Å²) in [6.45, 7) is 3.22. The minimum Gasteiger partial charge on any atom is -0.497 e. The summed E-state index contributed by atoms with van der Waals surface area (Å²) < 4.78 is 11.0. The molecule has 27 heavy (non-hydrogen) atoms. The molecule has 2 aromatic rings. The lowest BCUT2D eigenvalue weighted by atomic mass is 10.1. The number of likely N-dealkylation sites (N-methyl/N-ethyl adjacent to an activating group) is 1. The fourth-order valence-corrected chi connectivity index (χ4v) is 2.92. The summed E-state index contributed by atoms with van der Waals surface area (Å²) in [6.07, 6.45) is 2.66. The number of nitrogens with one attached hydrogen (secondary N) is 1. The zero-order chi connectivity index (χ0) is 18.4. The van der Waals surface area contributed by atoms with Crippen LogP contribution in [0.5, 0.6) is 5.75 Å². The number of fused-ring (bicyclic) bond motifs is 1. The number of hydrogen-bond acceptors (Lipinski definition) is 3. The largest absolute Gasteiger partial charge is 0.497 e. The van der Waals surface area contributed by atoms with Gasteiger partial charge in [-0.05, 0) is 53.3 Å². The van der Waals surface area contributed by atoms with Gasteiger partial charge in [-0.15, -0.1) is 24.0 Å². The molecule has 1 aliphatic carbocycles. The highest BCUT2D eigenvalue weighted by atomic mass is 127. The van der Waals surface area contributed by atoms with Crippen LogP contribution in [-0.4, -0.2) is 51.8 Å². The third-order valence-corrected chi connectivity index (χ3v) is 4.76. The molecular weight excluding hydrogens is 453 g/mol. The van der Waals surface area contributed by atoms with Gasteiger partial charge in [0.1, 0.15) is 5.75 Å². The molecule has 0 aliphatic heterocycles. The van der Waals surface area contributed by atoms with Crippen LogP contribution in [0.2, 0.25) is 0 Å². The summed E-state index contributed by atoms with van der Waals surface area (Å²) in [6, 6.07) is 12.6.